The van der Waals surface area contributed by atoms with Crippen LogP contribution >= 0.6 is 22.9 Å². The molecule has 0 aliphatic carbocycles. The molecule has 36 heavy (non-hydrogen) atoms. The number of fused-ring (bicyclic) bond motifs is 1. The van der Waals surface area contributed by atoms with Gasteiger partial charge in [0.15, 0.2) is 0 Å². The molecule has 0 unspecified atom stereocenters. The number of carbonyl (C=O) groups is 2. The Morgan fingerprint density at radius 3 is 2.69 bits per heavy atom. The number of hydrogen-bond acceptors (Lipinski definition) is 4. The lowest BCUT2D eigenvalue weighted by Gasteiger charge is -2.37. The van der Waals surface area contributed by atoms with E-state index in [2.05, 4.69) is 13.8 Å². The van der Waals surface area contributed by atoms with E-state index in [9.17, 15) is 14.0 Å². The van der Waals surface area contributed by atoms with Crippen LogP contribution in [-0.2, 0) is 11.2 Å². The van der Waals surface area contributed by atoms with Gasteiger partial charge in [-0.15, -0.1) is 11.3 Å². The van der Waals surface area contributed by atoms with Crippen LogP contribution in [0.5, 0.6) is 5.75 Å². The number of halogens is 2. The number of thiophene rings is 1. The van der Waals surface area contributed by atoms with Gasteiger partial charge in [0.05, 0.1) is 6.04 Å². The molecule has 0 radical (unpaired) electrons. The van der Waals surface area contributed by atoms with Gasteiger partial charge in [-0.3, -0.25) is 9.59 Å². The highest BCUT2D eigenvalue weighted by molar-refractivity contribution is 7.10. The van der Waals surface area contributed by atoms with Crippen molar-refractivity contribution < 1.29 is 18.7 Å². The maximum absolute atomic E-state index is 13.7. The van der Waals surface area contributed by atoms with Gasteiger partial charge < -0.3 is 14.5 Å². The summed E-state index contributed by atoms with van der Waals surface area (Å²) < 4.78 is 19.3. The minimum atomic E-state index is -0.331. The molecule has 1 aliphatic heterocycles. The van der Waals surface area contributed by atoms with Crippen LogP contribution in [-0.4, -0.2) is 47.9 Å². The van der Waals surface area contributed by atoms with Crippen molar-refractivity contribution in [2.24, 2.45) is 5.92 Å². The molecule has 2 amide bonds. The molecule has 0 bridgehead atoms. The molecule has 0 N–H and O–H groups in total. The van der Waals surface area contributed by atoms with Crippen molar-refractivity contribution in [3.8, 4) is 5.75 Å². The lowest BCUT2D eigenvalue weighted by atomic mass is 10.00. The van der Waals surface area contributed by atoms with Gasteiger partial charge in [-0.05, 0) is 78.2 Å². The van der Waals surface area contributed by atoms with Crippen molar-refractivity contribution in [1.29, 1.82) is 0 Å². The SMILES string of the molecule is CC(C)CCN(CC(=O)N1CCc2sccc2[C@H]1COc1ccc(F)cc1)C(=O)c1cccc(Cl)c1. The van der Waals surface area contributed by atoms with Crippen LogP contribution in [0.15, 0.2) is 60.0 Å². The Morgan fingerprint density at radius 2 is 1.97 bits per heavy atom. The third kappa shape index (κ3) is 6.45. The molecule has 1 aliphatic rings. The monoisotopic (exact) mass is 528 g/mol. The van der Waals surface area contributed by atoms with Crippen molar-refractivity contribution in [1.82, 2.24) is 9.80 Å². The van der Waals surface area contributed by atoms with Gasteiger partial charge in [0.1, 0.15) is 24.7 Å². The second-order valence-corrected chi connectivity index (χ2v) is 10.8. The Hall–Kier alpha value is -2.90. The number of amides is 2. The first-order chi connectivity index (χ1) is 17.3. The topological polar surface area (TPSA) is 49.9 Å². The molecular formula is C28H30ClFN2O3S. The molecule has 2 heterocycles. The summed E-state index contributed by atoms with van der Waals surface area (Å²) in [7, 11) is 0. The lowest BCUT2D eigenvalue weighted by molar-refractivity contribution is -0.135. The molecule has 4 rings (SSSR count). The van der Waals surface area contributed by atoms with Gasteiger partial charge >= 0.3 is 0 Å². The van der Waals surface area contributed by atoms with Gasteiger partial charge in [-0.25, -0.2) is 4.39 Å². The number of carbonyl (C=O) groups excluding carboxylic acids is 2. The fourth-order valence-corrected chi connectivity index (χ4v) is 5.42. The van der Waals surface area contributed by atoms with Crippen molar-refractivity contribution in [2.45, 2.75) is 32.7 Å². The minimum absolute atomic E-state index is 0.0232. The molecule has 3 aromatic rings. The van der Waals surface area contributed by atoms with Gasteiger partial charge in [-0.1, -0.05) is 31.5 Å². The molecule has 2 aromatic carbocycles. The van der Waals surface area contributed by atoms with Gasteiger partial charge in [0.25, 0.3) is 5.91 Å². The summed E-state index contributed by atoms with van der Waals surface area (Å²) in [6.07, 6.45) is 1.55. The summed E-state index contributed by atoms with van der Waals surface area (Å²) in [6, 6.07) is 14.4. The van der Waals surface area contributed by atoms with E-state index in [-0.39, 0.29) is 36.8 Å². The smallest absolute Gasteiger partial charge is 0.254 e. The van der Waals surface area contributed by atoms with Crippen LogP contribution in [0, 0.1) is 11.7 Å². The summed E-state index contributed by atoms with van der Waals surface area (Å²) in [4.78, 5) is 31.7. The van der Waals surface area contributed by atoms with Gasteiger partial charge in [0, 0.05) is 28.6 Å². The van der Waals surface area contributed by atoms with Crippen LogP contribution in [0.2, 0.25) is 5.02 Å². The molecule has 190 valence electrons. The first kappa shape index (κ1) is 26.2. The van der Waals surface area contributed by atoms with Crippen LogP contribution in [0.25, 0.3) is 0 Å². The third-order valence-electron chi connectivity index (χ3n) is 6.30. The van der Waals surface area contributed by atoms with Crippen LogP contribution in [0.4, 0.5) is 4.39 Å². The van der Waals surface area contributed by atoms with Crippen LogP contribution in [0.1, 0.15) is 47.1 Å². The summed E-state index contributed by atoms with van der Waals surface area (Å²) in [5.41, 5.74) is 1.53. The summed E-state index contributed by atoms with van der Waals surface area (Å²) in [5.74, 6) is 0.260. The number of rotatable bonds is 9. The molecule has 8 heteroatoms. The number of nitrogens with zero attached hydrogens (tertiary/aromatic N) is 2. The maximum atomic E-state index is 13.7. The minimum Gasteiger partial charge on any atom is -0.491 e. The Bertz CT molecular complexity index is 1200. The van der Waals surface area contributed by atoms with E-state index in [0.29, 0.717) is 35.3 Å². The molecule has 5 nitrogen and oxygen atoms in total. The molecule has 0 fully saturated rings. The van der Waals surface area contributed by atoms with Crippen LogP contribution in [0.3, 0.4) is 0 Å². The van der Waals surface area contributed by atoms with Crippen molar-refractivity contribution >= 4 is 34.8 Å². The Morgan fingerprint density at radius 1 is 1.19 bits per heavy atom. The van der Waals surface area contributed by atoms with E-state index in [1.807, 2.05) is 16.3 Å². The van der Waals surface area contributed by atoms with Crippen molar-refractivity contribution in [3.63, 3.8) is 0 Å². The lowest BCUT2D eigenvalue weighted by Crippen LogP contribution is -2.48. The van der Waals surface area contributed by atoms with E-state index < -0.39 is 0 Å². The molecule has 0 spiro atoms. The Balaban J connectivity index is 1.53. The zero-order chi connectivity index (χ0) is 25.7. The predicted octanol–water partition coefficient (Wildman–Crippen LogP) is 6.23. The molecule has 1 aromatic heterocycles. The molecular weight excluding hydrogens is 499 g/mol. The maximum Gasteiger partial charge on any atom is 0.254 e. The first-order valence-corrected chi connectivity index (χ1v) is 13.4. The Labute approximate surface area is 220 Å². The van der Waals surface area contributed by atoms with E-state index in [0.717, 1.165) is 18.4 Å². The normalized spacial score (nSPS) is 15.0. The zero-order valence-electron chi connectivity index (χ0n) is 20.5. The van der Waals surface area contributed by atoms with Crippen molar-refractivity contribution in [3.05, 3.63) is 86.8 Å². The second kappa shape index (κ2) is 11.9. The molecule has 1 atom stereocenters. The highest BCUT2D eigenvalue weighted by atomic mass is 35.5. The summed E-state index contributed by atoms with van der Waals surface area (Å²) in [5, 5.41) is 2.51. The zero-order valence-corrected chi connectivity index (χ0v) is 22.0. The number of hydrogen-bond donors (Lipinski definition) is 0. The van der Waals surface area contributed by atoms with Crippen LogP contribution < -0.4 is 4.74 Å². The average molecular weight is 529 g/mol. The Kier molecular flexibility index (Phi) is 8.64. The number of ether oxygens (including phenoxy) is 1. The molecule has 0 saturated carbocycles. The standard InChI is InChI=1S/C28H30ClFN2O3S/c1-19(2)10-13-31(28(34)20-4-3-5-21(29)16-20)17-27(33)32-14-11-26-24(12-15-36-26)25(32)18-35-23-8-6-22(30)7-9-23/h3-9,12,15-16,19,25H,10-11,13-14,17-18H2,1-2H3/t25-/m1/s1. The average Bonchev–Trinajstić information content (AvgIpc) is 3.34. The van der Waals surface area contributed by atoms with E-state index in [1.165, 1.54) is 17.0 Å². The summed E-state index contributed by atoms with van der Waals surface area (Å²) >= 11 is 7.79. The first-order valence-electron chi connectivity index (χ1n) is 12.1. The van der Waals surface area contributed by atoms with Crippen molar-refractivity contribution in [2.75, 3.05) is 26.2 Å². The highest BCUT2D eigenvalue weighted by Gasteiger charge is 2.33. The number of benzene rings is 2. The fourth-order valence-electron chi connectivity index (χ4n) is 4.31. The fraction of sp³-hybridized carbons (Fsp3) is 0.357. The largest absolute Gasteiger partial charge is 0.491 e. The summed E-state index contributed by atoms with van der Waals surface area (Å²) in [6.45, 7) is 5.43. The third-order valence-corrected chi connectivity index (χ3v) is 7.53. The molecule has 0 saturated heterocycles. The van der Waals surface area contributed by atoms with Gasteiger partial charge in [0.2, 0.25) is 5.91 Å². The predicted molar refractivity (Wildman–Crippen MR) is 141 cm³/mol. The van der Waals surface area contributed by atoms with E-state index in [1.54, 1.807) is 52.6 Å². The van der Waals surface area contributed by atoms with Gasteiger partial charge in [-0.2, -0.15) is 0 Å². The van der Waals surface area contributed by atoms with E-state index in [4.69, 9.17) is 16.3 Å². The second-order valence-electron chi connectivity index (χ2n) is 9.34. The van der Waals surface area contributed by atoms with E-state index >= 15 is 0 Å². The quantitative estimate of drug-likeness (QED) is 0.330. The highest BCUT2D eigenvalue weighted by Crippen LogP contribution is 2.34.